The van der Waals surface area contributed by atoms with Crippen molar-refractivity contribution in [2.45, 2.75) is 25.4 Å². The fourth-order valence-electron chi connectivity index (χ4n) is 1.92. The fourth-order valence-corrected chi connectivity index (χ4v) is 1.92. The zero-order valence-electron chi connectivity index (χ0n) is 8.30. The van der Waals surface area contributed by atoms with E-state index in [4.69, 9.17) is 4.74 Å². The van der Waals surface area contributed by atoms with Gasteiger partial charge in [0.15, 0.2) is 0 Å². The largest absolute Gasteiger partial charge is 0.377 e. The second-order valence-corrected chi connectivity index (χ2v) is 4.02. The third-order valence-electron chi connectivity index (χ3n) is 3.00. The van der Waals surface area contributed by atoms with E-state index in [2.05, 4.69) is 10.2 Å². The van der Waals surface area contributed by atoms with Crippen LogP contribution in [0.2, 0.25) is 0 Å². The summed E-state index contributed by atoms with van der Waals surface area (Å²) in [5, 5.41) is 3.35. The highest BCUT2D eigenvalue weighted by Crippen LogP contribution is 2.08. The van der Waals surface area contributed by atoms with Crippen LogP contribution < -0.4 is 5.32 Å². The normalized spacial score (nSPS) is 25.8. The molecule has 2 aliphatic heterocycles. The van der Waals surface area contributed by atoms with Crippen molar-refractivity contribution in [1.82, 2.24) is 10.2 Å². The van der Waals surface area contributed by atoms with E-state index in [1.165, 1.54) is 32.4 Å². The number of piperidine rings is 1. The smallest absolute Gasteiger partial charge is 0.0600 e. The minimum absolute atomic E-state index is 0.530. The van der Waals surface area contributed by atoms with Crippen LogP contribution in [-0.2, 0) is 4.74 Å². The summed E-state index contributed by atoms with van der Waals surface area (Å²) in [6, 6.07) is 0. The molecule has 0 saturated carbocycles. The predicted molar refractivity (Wildman–Crippen MR) is 52.9 cm³/mol. The number of rotatable bonds is 4. The van der Waals surface area contributed by atoms with Crippen LogP contribution in [0.15, 0.2) is 0 Å². The molecule has 0 aromatic rings. The summed E-state index contributed by atoms with van der Waals surface area (Å²) in [4.78, 5) is 2.46. The topological polar surface area (TPSA) is 24.5 Å². The van der Waals surface area contributed by atoms with E-state index in [0.717, 1.165) is 26.2 Å². The third-order valence-corrected chi connectivity index (χ3v) is 3.00. The van der Waals surface area contributed by atoms with Gasteiger partial charge in [-0.3, -0.25) is 0 Å². The molecule has 1 N–H and O–H groups in total. The van der Waals surface area contributed by atoms with Gasteiger partial charge < -0.3 is 15.0 Å². The average molecular weight is 184 g/mol. The predicted octanol–water partition coefficient (Wildman–Crippen LogP) is 0.461. The number of ether oxygens (including phenoxy) is 1. The monoisotopic (exact) mass is 184 g/mol. The highest BCUT2D eigenvalue weighted by atomic mass is 16.5. The van der Waals surface area contributed by atoms with Crippen molar-refractivity contribution in [3.63, 3.8) is 0 Å². The van der Waals surface area contributed by atoms with Crippen LogP contribution in [0.4, 0.5) is 0 Å². The molecular formula is C10H20N2O. The Morgan fingerprint density at radius 1 is 1.23 bits per heavy atom. The molecule has 3 heteroatoms. The zero-order valence-corrected chi connectivity index (χ0v) is 8.30. The summed E-state index contributed by atoms with van der Waals surface area (Å²) in [6.45, 7) is 6.92. The molecule has 2 rings (SSSR count). The highest BCUT2D eigenvalue weighted by molar-refractivity contribution is 4.70. The van der Waals surface area contributed by atoms with Gasteiger partial charge in [-0.15, -0.1) is 0 Å². The van der Waals surface area contributed by atoms with E-state index in [-0.39, 0.29) is 0 Å². The molecule has 2 saturated heterocycles. The quantitative estimate of drug-likeness (QED) is 0.687. The van der Waals surface area contributed by atoms with E-state index in [1.807, 2.05) is 0 Å². The number of hydrogen-bond acceptors (Lipinski definition) is 3. The number of hydrogen-bond donors (Lipinski definition) is 1. The molecule has 13 heavy (non-hydrogen) atoms. The van der Waals surface area contributed by atoms with Crippen LogP contribution >= 0.6 is 0 Å². The lowest BCUT2D eigenvalue weighted by Crippen LogP contribution is -2.40. The van der Waals surface area contributed by atoms with Gasteiger partial charge in [0, 0.05) is 6.54 Å². The van der Waals surface area contributed by atoms with E-state index in [0.29, 0.717) is 6.10 Å². The van der Waals surface area contributed by atoms with E-state index in [9.17, 15) is 0 Å². The molecule has 0 radical (unpaired) electrons. The van der Waals surface area contributed by atoms with Gasteiger partial charge in [0.2, 0.25) is 0 Å². The maximum Gasteiger partial charge on any atom is 0.0600 e. The molecule has 0 aromatic heterocycles. The summed E-state index contributed by atoms with van der Waals surface area (Å²) in [7, 11) is 0. The van der Waals surface area contributed by atoms with Crippen molar-refractivity contribution < 1.29 is 4.74 Å². The molecular weight excluding hydrogens is 164 g/mol. The first-order valence-electron chi connectivity index (χ1n) is 5.50. The second-order valence-electron chi connectivity index (χ2n) is 4.02. The van der Waals surface area contributed by atoms with Crippen molar-refractivity contribution in [2.24, 2.45) is 0 Å². The van der Waals surface area contributed by atoms with Gasteiger partial charge in [0.25, 0.3) is 0 Å². The molecule has 3 nitrogen and oxygen atoms in total. The fraction of sp³-hybridized carbons (Fsp3) is 1.00. The van der Waals surface area contributed by atoms with Crippen molar-refractivity contribution in [3.05, 3.63) is 0 Å². The minimum atomic E-state index is 0.530. The number of nitrogens with zero attached hydrogens (tertiary/aromatic N) is 1. The molecule has 0 bridgehead atoms. The van der Waals surface area contributed by atoms with Crippen LogP contribution in [0.3, 0.4) is 0 Å². The number of nitrogens with one attached hydrogen (secondary N) is 1. The molecule has 2 aliphatic rings. The first-order chi connectivity index (χ1) is 6.45. The van der Waals surface area contributed by atoms with E-state index >= 15 is 0 Å². The number of likely N-dealkylation sites (tertiary alicyclic amines) is 1. The molecule has 0 spiro atoms. The summed E-state index contributed by atoms with van der Waals surface area (Å²) in [5.74, 6) is 0. The van der Waals surface area contributed by atoms with Gasteiger partial charge in [0.1, 0.15) is 0 Å². The molecule has 0 unspecified atom stereocenters. The third kappa shape index (κ3) is 2.93. The van der Waals surface area contributed by atoms with E-state index < -0.39 is 0 Å². The van der Waals surface area contributed by atoms with Gasteiger partial charge in [-0.05, 0) is 45.4 Å². The standard InChI is InChI=1S/C10H20N2O/c1-6-12(7-1)8-9-13-10-2-4-11-5-3-10/h10-11H,1-9H2. The second kappa shape index (κ2) is 4.94. The Morgan fingerprint density at radius 2 is 2.00 bits per heavy atom. The summed E-state index contributed by atoms with van der Waals surface area (Å²) in [5.41, 5.74) is 0. The molecule has 2 heterocycles. The van der Waals surface area contributed by atoms with Gasteiger partial charge >= 0.3 is 0 Å². The minimum Gasteiger partial charge on any atom is -0.377 e. The van der Waals surface area contributed by atoms with Gasteiger partial charge in [0.05, 0.1) is 12.7 Å². The highest BCUT2D eigenvalue weighted by Gasteiger charge is 2.16. The van der Waals surface area contributed by atoms with Gasteiger partial charge in [-0.2, -0.15) is 0 Å². The molecule has 76 valence electrons. The summed E-state index contributed by atoms with van der Waals surface area (Å²) in [6.07, 6.45) is 4.30. The Labute approximate surface area is 80.4 Å². The molecule has 0 amide bonds. The summed E-state index contributed by atoms with van der Waals surface area (Å²) < 4.78 is 5.81. The Balaban J connectivity index is 1.50. The molecule has 2 fully saturated rings. The van der Waals surface area contributed by atoms with Crippen LogP contribution in [-0.4, -0.2) is 50.3 Å². The first-order valence-corrected chi connectivity index (χ1v) is 5.50. The van der Waals surface area contributed by atoms with Crippen molar-refractivity contribution in [3.8, 4) is 0 Å². The van der Waals surface area contributed by atoms with Gasteiger partial charge in [-0.1, -0.05) is 0 Å². The van der Waals surface area contributed by atoms with Crippen LogP contribution in [0.1, 0.15) is 19.3 Å². The molecule has 0 atom stereocenters. The Morgan fingerprint density at radius 3 is 2.62 bits per heavy atom. The van der Waals surface area contributed by atoms with Crippen LogP contribution in [0, 0.1) is 0 Å². The maximum absolute atomic E-state index is 5.81. The summed E-state index contributed by atoms with van der Waals surface area (Å²) >= 11 is 0. The lowest BCUT2D eigenvalue weighted by atomic mass is 10.1. The maximum atomic E-state index is 5.81. The zero-order chi connectivity index (χ0) is 8.93. The van der Waals surface area contributed by atoms with Crippen LogP contribution in [0.25, 0.3) is 0 Å². The first kappa shape index (κ1) is 9.44. The van der Waals surface area contributed by atoms with E-state index in [1.54, 1.807) is 0 Å². The SMILES string of the molecule is C1CN(CCOC2CCNCC2)C1. The molecule has 0 aliphatic carbocycles. The Bertz CT molecular complexity index is 142. The van der Waals surface area contributed by atoms with Gasteiger partial charge in [-0.25, -0.2) is 0 Å². The van der Waals surface area contributed by atoms with Crippen LogP contribution in [0.5, 0.6) is 0 Å². The Kier molecular flexibility index (Phi) is 3.58. The van der Waals surface area contributed by atoms with Crippen molar-refractivity contribution >= 4 is 0 Å². The van der Waals surface area contributed by atoms with Crippen molar-refractivity contribution in [1.29, 1.82) is 0 Å². The lowest BCUT2D eigenvalue weighted by molar-refractivity contribution is 0.0116. The van der Waals surface area contributed by atoms with Crippen molar-refractivity contribution in [2.75, 3.05) is 39.3 Å². The average Bonchev–Trinajstić information content (AvgIpc) is 2.11. The lowest BCUT2D eigenvalue weighted by Gasteiger charge is -2.31. The molecule has 0 aromatic carbocycles. The Hall–Kier alpha value is -0.120.